The van der Waals surface area contributed by atoms with E-state index in [0.29, 0.717) is 13.0 Å². The van der Waals surface area contributed by atoms with Crippen LogP contribution in [0.2, 0.25) is 0 Å². The van der Waals surface area contributed by atoms with Gasteiger partial charge in [0.2, 0.25) is 0 Å². The first kappa shape index (κ1) is 10.9. The minimum absolute atomic E-state index is 0.275. The van der Waals surface area contributed by atoms with E-state index in [9.17, 15) is 4.79 Å². The Hall–Kier alpha value is -1.65. The number of hydrogen-bond donors (Lipinski definition) is 1. The van der Waals surface area contributed by atoms with E-state index in [1.165, 1.54) is 0 Å². The zero-order valence-electron chi connectivity index (χ0n) is 9.47. The van der Waals surface area contributed by atoms with Gasteiger partial charge >= 0.3 is 5.97 Å². The van der Waals surface area contributed by atoms with Crippen molar-refractivity contribution in [2.24, 2.45) is 5.92 Å². The number of rotatable bonds is 2. The van der Waals surface area contributed by atoms with Crippen LogP contribution in [0.15, 0.2) is 6.20 Å². The summed E-state index contributed by atoms with van der Waals surface area (Å²) in [6.45, 7) is 5.10. The Kier molecular flexibility index (Phi) is 2.77. The van der Waals surface area contributed by atoms with Crippen LogP contribution in [-0.4, -0.2) is 34.1 Å². The predicted octanol–water partition coefficient (Wildman–Crippen LogP) is 1.00. The third-order valence-corrected chi connectivity index (χ3v) is 3.04. The number of carboxylic acids is 1. The number of carbonyl (C=O) groups is 1. The van der Waals surface area contributed by atoms with Crippen LogP contribution < -0.4 is 4.90 Å². The summed E-state index contributed by atoms with van der Waals surface area (Å²) >= 11 is 0. The van der Waals surface area contributed by atoms with Gasteiger partial charge in [0.1, 0.15) is 5.82 Å². The highest BCUT2D eigenvalue weighted by atomic mass is 16.4. The van der Waals surface area contributed by atoms with Crippen LogP contribution in [0.1, 0.15) is 17.8 Å². The van der Waals surface area contributed by atoms with Crippen molar-refractivity contribution in [1.82, 2.24) is 9.97 Å². The highest BCUT2D eigenvalue weighted by Crippen LogP contribution is 2.22. The molecule has 0 saturated carbocycles. The molecule has 2 heterocycles. The number of carboxylic acid groups (broad SMARTS) is 1. The summed E-state index contributed by atoms with van der Waals surface area (Å²) in [6, 6.07) is 0. The fourth-order valence-corrected chi connectivity index (χ4v) is 1.85. The van der Waals surface area contributed by atoms with Gasteiger partial charge in [0.05, 0.1) is 23.5 Å². The second-order valence-electron chi connectivity index (χ2n) is 4.17. The monoisotopic (exact) mass is 221 g/mol. The molecule has 86 valence electrons. The third kappa shape index (κ3) is 1.98. The molecule has 0 bridgehead atoms. The lowest BCUT2D eigenvalue weighted by Gasteiger charge is -2.17. The Balaban J connectivity index is 2.14. The zero-order valence-corrected chi connectivity index (χ0v) is 9.47. The van der Waals surface area contributed by atoms with E-state index < -0.39 is 5.97 Å². The SMILES string of the molecule is Cc1ncc(N2CCC(C(=O)O)C2)nc1C. The second-order valence-corrected chi connectivity index (χ2v) is 4.17. The van der Waals surface area contributed by atoms with Gasteiger partial charge in [-0.25, -0.2) is 4.98 Å². The molecule has 1 N–H and O–H groups in total. The minimum atomic E-state index is -0.723. The molecule has 1 aliphatic heterocycles. The van der Waals surface area contributed by atoms with Gasteiger partial charge in [0, 0.05) is 13.1 Å². The van der Waals surface area contributed by atoms with Crippen molar-refractivity contribution < 1.29 is 9.90 Å². The summed E-state index contributed by atoms with van der Waals surface area (Å²) in [7, 11) is 0. The van der Waals surface area contributed by atoms with Crippen molar-refractivity contribution in [3.05, 3.63) is 17.6 Å². The minimum Gasteiger partial charge on any atom is -0.481 e. The maximum Gasteiger partial charge on any atom is 0.308 e. The first-order chi connectivity index (χ1) is 7.58. The van der Waals surface area contributed by atoms with Crippen LogP contribution in [0, 0.1) is 19.8 Å². The van der Waals surface area contributed by atoms with Gasteiger partial charge in [-0.2, -0.15) is 0 Å². The molecule has 1 aromatic heterocycles. The van der Waals surface area contributed by atoms with Gasteiger partial charge in [-0.15, -0.1) is 0 Å². The van der Waals surface area contributed by atoms with Crippen LogP contribution in [-0.2, 0) is 4.79 Å². The summed E-state index contributed by atoms with van der Waals surface area (Å²) in [5.41, 5.74) is 1.81. The molecule has 1 aliphatic rings. The Morgan fingerprint density at radius 3 is 2.81 bits per heavy atom. The fraction of sp³-hybridized carbons (Fsp3) is 0.545. The molecular weight excluding hydrogens is 206 g/mol. The summed E-state index contributed by atoms with van der Waals surface area (Å²) in [6.07, 6.45) is 2.40. The standard InChI is InChI=1S/C11H15N3O2/c1-7-8(2)13-10(5-12-7)14-4-3-9(6-14)11(15)16/h5,9H,3-4,6H2,1-2H3,(H,15,16). The molecule has 1 fully saturated rings. The van der Waals surface area contributed by atoms with Gasteiger partial charge in [0.25, 0.3) is 0 Å². The van der Waals surface area contributed by atoms with Crippen molar-refractivity contribution in [1.29, 1.82) is 0 Å². The number of hydrogen-bond acceptors (Lipinski definition) is 4. The van der Waals surface area contributed by atoms with Gasteiger partial charge in [-0.05, 0) is 20.3 Å². The lowest BCUT2D eigenvalue weighted by Crippen LogP contribution is -2.23. The predicted molar refractivity (Wildman–Crippen MR) is 59.5 cm³/mol. The topological polar surface area (TPSA) is 66.3 Å². The van der Waals surface area contributed by atoms with Crippen molar-refractivity contribution in [3.8, 4) is 0 Å². The maximum absolute atomic E-state index is 10.8. The van der Waals surface area contributed by atoms with E-state index >= 15 is 0 Å². The van der Waals surface area contributed by atoms with Crippen molar-refractivity contribution in [2.45, 2.75) is 20.3 Å². The number of nitrogens with zero attached hydrogens (tertiary/aromatic N) is 3. The Bertz CT molecular complexity index is 420. The molecule has 5 nitrogen and oxygen atoms in total. The average molecular weight is 221 g/mol. The maximum atomic E-state index is 10.8. The first-order valence-electron chi connectivity index (χ1n) is 5.36. The molecule has 1 saturated heterocycles. The van der Waals surface area contributed by atoms with Gasteiger partial charge in [-0.3, -0.25) is 9.78 Å². The number of aliphatic carboxylic acids is 1. The molecule has 16 heavy (non-hydrogen) atoms. The largest absolute Gasteiger partial charge is 0.481 e. The molecule has 1 atom stereocenters. The fourth-order valence-electron chi connectivity index (χ4n) is 1.85. The smallest absolute Gasteiger partial charge is 0.308 e. The van der Waals surface area contributed by atoms with Crippen LogP contribution in [0.4, 0.5) is 5.82 Å². The molecule has 1 aromatic rings. The van der Waals surface area contributed by atoms with Crippen molar-refractivity contribution in [3.63, 3.8) is 0 Å². The highest BCUT2D eigenvalue weighted by Gasteiger charge is 2.28. The molecular formula is C11H15N3O2. The van der Waals surface area contributed by atoms with E-state index in [4.69, 9.17) is 5.11 Å². The van der Waals surface area contributed by atoms with E-state index in [1.807, 2.05) is 18.7 Å². The number of aromatic nitrogens is 2. The molecule has 0 aliphatic carbocycles. The molecule has 0 aromatic carbocycles. The molecule has 0 spiro atoms. The molecule has 2 rings (SSSR count). The molecule has 0 radical (unpaired) electrons. The number of anilines is 1. The summed E-state index contributed by atoms with van der Waals surface area (Å²) in [5.74, 6) is -0.213. The summed E-state index contributed by atoms with van der Waals surface area (Å²) in [5, 5.41) is 8.91. The highest BCUT2D eigenvalue weighted by molar-refractivity contribution is 5.71. The third-order valence-electron chi connectivity index (χ3n) is 3.04. The Morgan fingerprint density at radius 2 is 2.25 bits per heavy atom. The van der Waals surface area contributed by atoms with Crippen LogP contribution in [0.3, 0.4) is 0 Å². The molecule has 0 amide bonds. The number of aryl methyl sites for hydroxylation is 2. The lowest BCUT2D eigenvalue weighted by atomic mass is 10.1. The van der Waals surface area contributed by atoms with E-state index in [0.717, 1.165) is 23.8 Å². The molecule has 1 unspecified atom stereocenters. The average Bonchev–Trinajstić information content (AvgIpc) is 2.71. The van der Waals surface area contributed by atoms with Crippen LogP contribution >= 0.6 is 0 Å². The zero-order chi connectivity index (χ0) is 11.7. The van der Waals surface area contributed by atoms with E-state index in [-0.39, 0.29) is 5.92 Å². The lowest BCUT2D eigenvalue weighted by molar-refractivity contribution is -0.140. The Morgan fingerprint density at radius 1 is 1.50 bits per heavy atom. The van der Waals surface area contributed by atoms with Crippen LogP contribution in [0.25, 0.3) is 0 Å². The Labute approximate surface area is 94.1 Å². The second kappa shape index (κ2) is 4.08. The van der Waals surface area contributed by atoms with Gasteiger partial charge < -0.3 is 10.0 Å². The normalized spacial score (nSPS) is 20.1. The quantitative estimate of drug-likeness (QED) is 0.807. The summed E-state index contributed by atoms with van der Waals surface area (Å²) < 4.78 is 0. The van der Waals surface area contributed by atoms with Gasteiger partial charge in [0.15, 0.2) is 0 Å². The molecule has 5 heteroatoms. The van der Waals surface area contributed by atoms with E-state index in [1.54, 1.807) is 6.20 Å². The van der Waals surface area contributed by atoms with Gasteiger partial charge in [-0.1, -0.05) is 0 Å². The van der Waals surface area contributed by atoms with E-state index in [2.05, 4.69) is 9.97 Å². The van der Waals surface area contributed by atoms with Crippen LogP contribution in [0.5, 0.6) is 0 Å². The van der Waals surface area contributed by atoms with Crippen molar-refractivity contribution in [2.75, 3.05) is 18.0 Å². The van der Waals surface area contributed by atoms with Crippen molar-refractivity contribution >= 4 is 11.8 Å². The summed E-state index contributed by atoms with van der Waals surface area (Å²) in [4.78, 5) is 21.5. The first-order valence-corrected chi connectivity index (χ1v) is 5.36.